The third-order valence-corrected chi connectivity index (χ3v) is 11.8. The maximum atomic E-state index is 12.6. The molecule has 0 aromatic carbocycles. The molecular weight excluding hydrogens is 328 g/mol. The molecule has 0 heterocycles. The van der Waals surface area contributed by atoms with Crippen LogP contribution in [0.3, 0.4) is 0 Å². The van der Waals surface area contributed by atoms with Gasteiger partial charge in [-0.2, -0.15) is 0 Å². The summed E-state index contributed by atoms with van der Waals surface area (Å²) in [5.74, 6) is 0.848. The molecule has 0 N–H and O–H groups in total. The topological polar surface area (TPSA) is 43.4 Å². The molecule has 138 valence electrons. The summed E-state index contributed by atoms with van der Waals surface area (Å²) in [6, 6.07) is 0. The summed E-state index contributed by atoms with van der Waals surface area (Å²) in [5.41, 5.74) is 0.887. The predicted octanol–water partition coefficient (Wildman–Crippen LogP) is 4.84. The third kappa shape index (κ3) is 3.01. The fourth-order valence-electron chi connectivity index (χ4n) is 4.74. The van der Waals surface area contributed by atoms with Gasteiger partial charge in [0.25, 0.3) is 0 Å². The molecule has 0 aliphatic heterocycles. The van der Waals surface area contributed by atoms with Crippen molar-refractivity contribution in [1.82, 2.24) is 0 Å². The van der Waals surface area contributed by atoms with E-state index in [2.05, 4.69) is 52.9 Å². The molecule has 0 bridgehead atoms. The van der Waals surface area contributed by atoms with E-state index in [1.807, 2.05) is 0 Å². The molecule has 0 aromatic rings. The van der Waals surface area contributed by atoms with Crippen molar-refractivity contribution in [3.8, 4) is 0 Å². The Hall–Kier alpha value is -1.00. The first-order chi connectivity index (χ1) is 11.5. The Balaban J connectivity index is 2.01. The number of ketones is 2. The van der Waals surface area contributed by atoms with Crippen LogP contribution in [0.1, 0.15) is 53.4 Å². The van der Waals surface area contributed by atoms with Gasteiger partial charge in [0.15, 0.2) is 14.1 Å². The summed E-state index contributed by atoms with van der Waals surface area (Å²) in [4.78, 5) is 24.9. The van der Waals surface area contributed by atoms with Gasteiger partial charge in [-0.25, -0.2) is 0 Å². The van der Waals surface area contributed by atoms with E-state index in [1.54, 1.807) is 6.08 Å². The van der Waals surface area contributed by atoms with Gasteiger partial charge in [0, 0.05) is 30.3 Å². The zero-order valence-electron chi connectivity index (χ0n) is 16.5. The van der Waals surface area contributed by atoms with Crippen LogP contribution in [0.5, 0.6) is 0 Å². The van der Waals surface area contributed by atoms with E-state index in [0.717, 1.165) is 18.4 Å². The number of carbonyl (C=O) groups is 2. The number of Topliss-reactive ketones (excluding diaryl/α,β-unsaturated/α-hetero) is 1. The molecule has 0 unspecified atom stereocenters. The molecule has 3 aliphatic rings. The van der Waals surface area contributed by atoms with Crippen molar-refractivity contribution in [2.45, 2.75) is 77.6 Å². The van der Waals surface area contributed by atoms with Crippen LogP contribution in [0.25, 0.3) is 0 Å². The van der Waals surface area contributed by atoms with E-state index in [0.29, 0.717) is 18.6 Å². The quantitative estimate of drug-likeness (QED) is 0.677. The molecule has 25 heavy (non-hydrogen) atoms. The van der Waals surface area contributed by atoms with Gasteiger partial charge in [0.05, 0.1) is 6.10 Å². The van der Waals surface area contributed by atoms with Crippen LogP contribution in [-0.4, -0.2) is 26.0 Å². The predicted molar refractivity (Wildman–Crippen MR) is 103 cm³/mol. The molecular formula is C21H32O3Si. The summed E-state index contributed by atoms with van der Waals surface area (Å²) < 4.78 is 6.80. The van der Waals surface area contributed by atoms with Gasteiger partial charge >= 0.3 is 0 Å². The zero-order valence-corrected chi connectivity index (χ0v) is 17.5. The largest absolute Gasteiger partial charge is 0.413 e. The first kappa shape index (κ1) is 18.8. The Bertz CT molecular complexity index is 653. The van der Waals surface area contributed by atoms with E-state index >= 15 is 0 Å². The first-order valence-electron chi connectivity index (χ1n) is 9.63. The fraction of sp³-hybridized carbons (Fsp3) is 0.714. The first-order valence-corrected chi connectivity index (χ1v) is 12.5. The van der Waals surface area contributed by atoms with Crippen molar-refractivity contribution in [2.75, 3.05) is 0 Å². The molecule has 3 rings (SSSR count). The van der Waals surface area contributed by atoms with Crippen LogP contribution < -0.4 is 0 Å². The molecule has 1 saturated carbocycles. The van der Waals surface area contributed by atoms with Crippen molar-refractivity contribution in [3.63, 3.8) is 0 Å². The van der Waals surface area contributed by atoms with Crippen LogP contribution in [-0.2, 0) is 14.0 Å². The lowest BCUT2D eigenvalue weighted by molar-refractivity contribution is -0.135. The Kier molecular flexibility index (Phi) is 4.52. The highest BCUT2D eigenvalue weighted by molar-refractivity contribution is 6.74. The summed E-state index contributed by atoms with van der Waals surface area (Å²) in [6.07, 6.45) is 8.77. The van der Waals surface area contributed by atoms with Gasteiger partial charge in [-0.3, -0.25) is 9.59 Å². The second kappa shape index (κ2) is 6.02. The normalized spacial score (nSPS) is 35.4. The minimum atomic E-state index is -1.99. The highest BCUT2D eigenvalue weighted by atomic mass is 28.4. The number of fused-ring (bicyclic) bond motifs is 3. The lowest BCUT2D eigenvalue weighted by Gasteiger charge is -2.54. The van der Waals surface area contributed by atoms with E-state index in [9.17, 15) is 9.59 Å². The summed E-state index contributed by atoms with van der Waals surface area (Å²) >= 11 is 0. The van der Waals surface area contributed by atoms with E-state index in [-0.39, 0.29) is 34.2 Å². The number of carbonyl (C=O) groups excluding carboxylic acids is 2. The number of hydrogen-bond donors (Lipinski definition) is 0. The highest BCUT2D eigenvalue weighted by Crippen LogP contribution is 2.56. The molecule has 3 aliphatic carbocycles. The number of rotatable bonds is 3. The Morgan fingerprint density at radius 2 is 1.96 bits per heavy atom. The van der Waals surface area contributed by atoms with E-state index in [4.69, 9.17) is 4.43 Å². The molecule has 0 aromatic heterocycles. The van der Waals surface area contributed by atoms with Gasteiger partial charge in [-0.15, -0.1) is 0 Å². The molecule has 0 saturated heterocycles. The van der Waals surface area contributed by atoms with Crippen LogP contribution in [0.15, 0.2) is 23.8 Å². The molecule has 0 amide bonds. The van der Waals surface area contributed by atoms with Crippen molar-refractivity contribution in [2.24, 2.45) is 17.3 Å². The highest BCUT2D eigenvalue weighted by Gasteiger charge is 2.55. The van der Waals surface area contributed by atoms with Gasteiger partial charge in [0.1, 0.15) is 5.78 Å². The van der Waals surface area contributed by atoms with E-state index in [1.165, 1.54) is 0 Å². The second-order valence-electron chi connectivity index (χ2n) is 9.69. The molecule has 0 radical (unpaired) electrons. The molecule has 1 fully saturated rings. The fourth-order valence-corrected chi connectivity index (χ4v) is 6.08. The summed E-state index contributed by atoms with van der Waals surface area (Å²) in [5, 5.41) is 0.108. The van der Waals surface area contributed by atoms with Gasteiger partial charge in [0.2, 0.25) is 0 Å². The Morgan fingerprint density at radius 3 is 2.56 bits per heavy atom. The maximum Gasteiger partial charge on any atom is 0.192 e. The molecule has 3 nitrogen and oxygen atoms in total. The average molecular weight is 361 g/mol. The monoisotopic (exact) mass is 360 g/mol. The summed E-state index contributed by atoms with van der Waals surface area (Å²) in [7, 11) is -1.99. The molecule has 0 spiro atoms. The average Bonchev–Trinajstić information content (AvgIpc) is 2.86. The lowest BCUT2D eigenvalue weighted by Crippen LogP contribution is -2.55. The van der Waals surface area contributed by atoms with Crippen molar-refractivity contribution in [3.05, 3.63) is 23.8 Å². The molecule has 4 atom stereocenters. The standard InChI is InChI=1S/C21H32O3Si/c1-7-21-11-10-15-16(8-9-17(15)23)19(21)18(12-14(22)13-21)24-25(5,6)20(2,3)4/h8-10,16,18-19H,7,11-13H2,1-6H3/t16-,18-,19-,21+/m1/s1. The van der Waals surface area contributed by atoms with Gasteiger partial charge in [-0.1, -0.05) is 39.8 Å². The lowest BCUT2D eigenvalue weighted by atomic mass is 9.54. The number of allylic oxidation sites excluding steroid dienone is 4. The van der Waals surface area contributed by atoms with Gasteiger partial charge in [-0.05, 0) is 42.5 Å². The minimum absolute atomic E-state index is 0.0501. The summed E-state index contributed by atoms with van der Waals surface area (Å²) in [6.45, 7) is 13.4. The van der Waals surface area contributed by atoms with Crippen LogP contribution in [0, 0.1) is 17.3 Å². The van der Waals surface area contributed by atoms with Crippen LogP contribution in [0.4, 0.5) is 0 Å². The van der Waals surface area contributed by atoms with Crippen molar-refractivity contribution in [1.29, 1.82) is 0 Å². The van der Waals surface area contributed by atoms with Crippen LogP contribution in [0.2, 0.25) is 18.1 Å². The van der Waals surface area contributed by atoms with Crippen LogP contribution >= 0.6 is 0 Å². The molecule has 4 heteroatoms. The van der Waals surface area contributed by atoms with Crippen molar-refractivity contribution >= 4 is 19.9 Å². The second-order valence-corrected chi connectivity index (χ2v) is 14.4. The SMILES string of the molecule is CC[C@@]12CC=C3C(=O)C=C[C@H]3[C@@H]1[C@H](O[Si](C)(C)C(C)(C)C)CC(=O)C2. The zero-order chi connectivity index (χ0) is 18.6. The Labute approximate surface area is 153 Å². The minimum Gasteiger partial charge on any atom is -0.413 e. The Morgan fingerprint density at radius 1 is 1.28 bits per heavy atom. The van der Waals surface area contributed by atoms with Crippen molar-refractivity contribution < 1.29 is 14.0 Å². The third-order valence-electron chi connectivity index (χ3n) is 7.26. The maximum absolute atomic E-state index is 12.6. The van der Waals surface area contributed by atoms with Gasteiger partial charge < -0.3 is 4.43 Å². The van der Waals surface area contributed by atoms with E-state index < -0.39 is 8.32 Å². The number of hydrogen-bond acceptors (Lipinski definition) is 3. The smallest absolute Gasteiger partial charge is 0.192 e.